The van der Waals surface area contributed by atoms with Crippen molar-refractivity contribution in [3.8, 4) is 11.4 Å². The van der Waals surface area contributed by atoms with Crippen molar-refractivity contribution in [1.29, 1.82) is 5.41 Å². The van der Waals surface area contributed by atoms with Crippen LogP contribution in [0.5, 0.6) is 0 Å². The standard InChI is InChI=1S/C27H21F4N5O2/c28-22-15-21(27(29,30)31)19(24-33-10-4-11-34-24)14-20(22)26(38)36-25(35-17-5-2-1-3-6-17)18-8-7-16(9-12-37)13-23(18)32/h1-8,10-11,13-15,32,35,37H,9,12H2,(H,36,38)/b25-18+,32-23?. The molecule has 194 valence electrons. The number of carbonyl (C=O) groups excluding carboxylic acids is 1. The number of carbonyl (C=O) groups is 1. The number of benzene rings is 2. The van der Waals surface area contributed by atoms with Crippen LogP contribution in [0.25, 0.3) is 11.4 Å². The Morgan fingerprint density at radius 3 is 2.37 bits per heavy atom. The smallest absolute Gasteiger partial charge is 0.396 e. The lowest BCUT2D eigenvalue weighted by molar-refractivity contribution is -0.137. The van der Waals surface area contributed by atoms with Gasteiger partial charge in [-0.1, -0.05) is 24.3 Å². The summed E-state index contributed by atoms with van der Waals surface area (Å²) in [5.74, 6) is -2.75. The Morgan fingerprint density at radius 1 is 1.03 bits per heavy atom. The van der Waals surface area contributed by atoms with Crippen molar-refractivity contribution in [2.75, 3.05) is 11.9 Å². The van der Waals surface area contributed by atoms with Crippen molar-refractivity contribution in [3.05, 3.63) is 113 Å². The van der Waals surface area contributed by atoms with Crippen LogP contribution in [0.4, 0.5) is 23.2 Å². The first-order chi connectivity index (χ1) is 18.2. The Labute approximate surface area is 214 Å². The summed E-state index contributed by atoms with van der Waals surface area (Å²) < 4.78 is 56.0. The molecule has 0 unspecified atom stereocenters. The van der Waals surface area contributed by atoms with Gasteiger partial charge in [0.05, 0.1) is 16.8 Å². The number of aliphatic hydroxyl groups is 1. The summed E-state index contributed by atoms with van der Waals surface area (Å²) in [6.07, 6.45) is 2.58. The van der Waals surface area contributed by atoms with E-state index in [0.717, 1.165) is 6.07 Å². The summed E-state index contributed by atoms with van der Waals surface area (Å²) in [7, 11) is 0. The maximum atomic E-state index is 14.9. The van der Waals surface area contributed by atoms with Crippen LogP contribution in [-0.2, 0) is 6.18 Å². The van der Waals surface area contributed by atoms with E-state index in [1.807, 2.05) is 0 Å². The topological polar surface area (TPSA) is 111 Å². The molecule has 2 aromatic carbocycles. The van der Waals surface area contributed by atoms with Gasteiger partial charge in [-0.2, -0.15) is 13.2 Å². The highest BCUT2D eigenvalue weighted by Gasteiger charge is 2.36. The second-order valence-corrected chi connectivity index (χ2v) is 8.12. The van der Waals surface area contributed by atoms with E-state index in [0.29, 0.717) is 17.7 Å². The van der Waals surface area contributed by atoms with Crippen molar-refractivity contribution in [1.82, 2.24) is 15.3 Å². The normalized spacial score (nSPS) is 14.7. The van der Waals surface area contributed by atoms with Gasteiger partial charge in [0.15, 0.2) is 5.82 Å². The molecule has 11 heteroatoms. The molecule has 0 radical (unpaired) electrons. The molecular weight excluding hydrogens is 502 g/mol. The Balaban J connectivity index is 1.76. The second kappa shape index (κ2) is 11.2. The molecule has 4 rings (SSSR count). The van der Waals surface area contributed by atoms with Crippen LogP contribution in [0, 0.1) is 11.2 Å². The number of halogens is 4. The van der Waals surface area contributed by atoms with Gasteiger partial charge in [0.1, 0.15) is 11.6 Å². The first-order valence-corrected chi connectivity index (χ1v) is 11.3. The SMILES string of the molecule is N=C1C=C(CCO)C=C/C1=C(\NC(=O)c1cc(-c2ncccn2)c(C(F)(F)F)cc1F)Nc1ccccc1. The van der Waals surface area contributed by atoms with E-state index < -0.39 is 34.6 Å². The summed E-state index contributed by atoms with van der Waals surface area (Å²) in [5, 5.41) is 23.1. The number of amides is 1. The average Bonchev–Trinajstić information content (AvgIpc) is 2.89. The maximum absolute atomic E-state index is 14.9. The number of alkyl halides is 3. The van der Waals surface area contributed by atoms with E-state index in [-0.39, 0.29) is 35.6 Å². The summed E-state index contributed by atoms with van der Waals surface area (Å²) >= 11 is 0. The average molecular weight is 523 g/mol. The van der Waals surface area contributed by atoms with E-state index in [2.05, 4.69) is 20.6 Å². The molecule has 7 nitrogen and oxygen atoms in total. The molecule has 3 aromatic rings. The van der Waals surface area contributed by atoms with Crippen LogP contribution < -0.4 is 10.6 Å². The first kappa shape index (κ1) is 26.4. The molecule has 4 N–H and O–H groups in total. The lowest BCUT2D eigenvalue weighted by Gasteiger charge is -2.19. The number of hydrogen-bond acceptors (Lipinski definition) is 6. The van der Waals surface area contributed by atoms with Gasteiger partial charge in [0.2, 0.25) is 0 Å². The number of nitrogens with one attached hydrogen (secondary N) is 3. The fourth-order valence-electron chi connectivity index (χ4n) is 3.71. The second-order valence-electron chi connectivity index (χ2n) is 8.12. The first-order valence-electron chi connectivity index (χ1n) is 11.3. The number of aliphatic hydroxyl groups excluding tert-OH is 1. The monoisotopic (exact) mass is 523 g/mol. The van der Waals surface area contributed by atoms with Crippen LogP contribution in [0.3, 0.4) is 0 Å². The minimum atomic E-state index is -4.92. The largest absolute Gasteiger partial charge is 0.417 e. The molecule has 1 aliphatic carbocycles. The molecule has 1 aliphatic rings. The maximum Gasteiger partial charge on any atom is 0.417 e. The van der Waals surface area contributed by atoms with Gasteiger partial charge in [-0.25, -0.2) is 14.4 Å². The molecule has 0 saturated heterocycles. The molecule has 38 heavy (non-hydrogen) atoms. The number of aromatic nitrogens is 2. The van der Waals surface area contributed by atoms with E-state index in [1.54, 1.807) is 42.5 Å². The number of para-hydroxylation sites is 1. The number of hydrogen-bond donors (Lipinski definition) is 4. The van der Waals surface area contributed by atoms with Gasteiger partial charge in [-0.3, -0.25) is 4.79 Å². The minimum Gasteiger partial charge on any atom is -0.396 e. The number of allylic oxidation sites excluding steroid dienone is 4. The minimum absolute atomic E-state index is 0.000877. The van der Waals surface area contributed by atoms with Gasteiger partial charge < -0.3 is 21.1 Å². The quantitative estimate of drug-likeness (QED) is 0.316. The Bertz CT molecular complexity index is 1450. The third kappa shape index (κ3) is 6.01. The summed E-state index contributed by atoms with van der Waals surface area (Å²) in [6, 6.07) is 11.0. The van der Waals surface area contributed by atoms with Crippen LogP contribution >= 0.6 is 0 Å². The Hall–Kier alpha value is -4.64. The van der Waals surface area contributed by atoms with Crippen molar-refractivity contribution in [2.24, 2.45) is 0 Å². The lowest BCUT2D eigenvalue weighted by atomic mass is 9.98. The van der Waals surface area contributed by atoms with Gasteiger partial charge in [-0.15, -0.1) is 0 Å². The molecule has 0 atom stereocenters. The molecule has 0 aliphatic heterocycles. The van der Waals surface area contributed by atoms with Crippen molar-refractivity contribution in [3.63, 3.8) is 0 Å². The lowest BCUT2D eigenvalue weighted by Crippen LogP contribution is -2.30. The fraction of sp³-hybridized carbons (Fsp3) is 0.111. The molecule has 0 fully saturated rings. The fourth-order valence-corrected chi connectivity index (χ4v) is 3.71. The zero-order chi connectivity index (χ0) is 27.3. The zero-order valence-corrected chi connectivity index (χ0v) is 19.7. The van der Waals surface area contributed by atoms with E-state index in [4.69, 9.17) is 5.41 Å². The Kier molecular flexibility index (Phi) is 7.77. The van der Waals surface area contributed by atoms with Crippen LogP contribution in [0.2, 0.25) is 0 Å². The molecule has 0 bridgehead atoms. The third-order valence-electron chi connectivity index (χ3n) is 5.50. The van der Waals surface area contributed by atoms with E-state index >= 15 is 0 Å². The number of nitrogens with zero attached hydrogens (tertiary/aromatic N) is 2. The highest BCUT2D eigenvalue weighted by atomic mass is 19.4. The third-order valence-corrected chi connectivity index (χ3v) is 5.50. The summed E-state index contributed by atoms with van der Waals surface area (Å²) in [4.78, 5) is 20.9. The molecule has 1 amide bonds. The number of anilines is 1. The van der Waals surface area contributed by atoms with Crippen molar-refractivity contribution in [2.45, 2.75) is 12.6 Å². The predicted molar refractivity (Wildman–Crippen MR) is 134 cm³/mol. The van der Waals surface area contributed by atoms with Crippen LogP contribution in [0.1, 0.15) is 22.3 Å². The molecule has 0 spiro atoms. The Morgan fingerprint density at radius 2 is 1.74 bits per heavy atom. The van der Waals surface area contributed by atoms with Gasteiger partial charge in [0.25, 0.3) is 5.91 Å². The molecule has 0 saturated carbocycles. The number of rotatable bonds is 7. The van der Waals surface area contributed by atoms with Crippen LogP contribution in [-0.4, -0.2) is 33.3 Å². The highest BCUT2D eigenvalue weighted by molar-refractivity contribution is 6.11. The predicted octanol–water partition coefficient (Wildman–Crippen LogP) is 5.25. The van der Waals surface area contributed by atoms with E-state index in [9.17, 15) is 27.5 Å². The van der Waals surface area contributed by atoms with Gasteiger partial charge >= 0.3 is 6.18 Å². The molecule has 1 heterocycles. The summed E-state index contributed by atoms with van der Waals surface area (Å²) in [6.45, 7) is -0.116. The summed E-state index contributed by atoms with van der Waals surface area (Å²) in [5.41, 5.74) is -1.09. The molecular formula is C27H21F4N5O2. The zero-order valence-electron chi connectivity index (χ0n) is 19.7. The molecule has 1 aromatic heterocycles. The van der Waals surface area contributed by atoms with E-state index in [1.165, 1.54) is 24.5 Å². The van der Waals surface area contributed by atoms with Gasteiger partial charge in [-0.05, 0) is 54.5 Å². The van der Waals surface area contributed by atoms with Crippen molar-refractivity contribution >= 4 is 17.3 Å². The van der Waals surface area contributed by atoms with Gasteiger partial charge in [0, 0.05) is 35.8 Å². The van der Waals surface area contributed by atoms with Crippen molar-refractivity contribution < 1.29 is 27.5 Å². The van der Waals surface area contributed by atoms with Crippen LogP contribution in [0.15, 0.2) is 96.1 Å². The highest BCUT2D eigenvalue weighted by Crippen LogP contribution is 2.37.